The molecule has 2 aliphatic carbocycles. The SMILES string of the molecule is Cc1ccccc1S(=O)(=O)N[C@H]1C2CC[C@H](C2)[C@@H]1C/C=C\CCCC(=O)[O-].[Na+]. The van der Waals surface area contributed by atoms with E-state index >= 15 is 0 Å². The molecule has 0 aromatic heterocycles. The topological polar surface area (TPSA) is 86.3 Å². The van der Waals surface area contributed by atoms with Crippen molar-refractivity contribution in [2.45, 2.75) is 62.8 Å². The maximum atomic E-state index is 12.9. The number of aryl methyl sites for hydroxylation is 1. The molecule has 2 aliphatic rings. The van der Waals surface area contributed by atoms with Crippen molar-refractivity contribution in [3.8, 4) is 0 Å². The van der Waals surface area contributed by atoms with Crippen molar-refractivity contribution in [3.05, 3.63) is 42.0 Å². The molecule has 2 fully saturated rings. The van der Waals surface area contributed by atoms with Crippen LogP contribution in [0.25, 0.3) is 0 Å². The Morgan fingerprint density at radius 3 is 2.64 bits per heavy atom. The van der Waals surface area contributed by atoms with Gasteiger partial charge < -0.3 is 9.90 Å². The number of benzene rings is 1. The minimum atomic E-state index is -3.52. The van der Waals surface area contributed by atoms with E-state index in [2.05, 4.69) is 10.8 Å². The zero-order chi connectivity index (χ0) is 19.4. The molecule has 1 aromatic rings. The standard InChI is InChI=1S/C21H29NO4S.Na/c1-15-8-6-7-10-19(15)27(25,26)22-21-17-13-12-16(14-17)18(21)9-4-2-3-5-11-20(23)24;/h2,4,6-8,10,16-18,21-22H,3,5,9,11-14H2,1H3,(H,23,24);/q;+1/p-1/b4-2-;/t16-,17?,18+,21+;/m1./s1. The van der Waals surface area contributed by atoms with Crippen LogP contribution in [0.4, 0.5) is 0 Å². The largest absolute Gasteiger partial charge is 1.00 e. The van der Waals surface area contributed by atoms with E-state index in [1.165, 1.54) is 6.42 Å². The maximum absolute atomic E-state index is 12.9. The van der Waals surface area contributed by atoms with Crippen molar-refractivity contribution in [1.82, 2.24) is 4.72 Å². The third kappa shape index (κ3) is 5.70. The molecule has 1 N–H and O–H groups in total. The fourth-order valence-electron chi connectivity index (χ4n) is 4.77. The number of allylic oxidation sites excluding steroid dienone is 2. The number of sulfonamides is 1. The Labute approximate surface area is 190 Å². The van der Waals surface area contributed by atoms with Crippen molar-refractivity contribution in [3.63, 3.8) is 0 Å². The molecule has 0 heterocycles. The predicted octanol–water partition coefficient (Wildman–Crippen LogP) is -0.441. The number of hydrogen-bond acceptors (Lipinski definition) is 4. The first-order valence-corrected chi connectivity index (χ1v) is 11.3. The summed E-state index contributed by atoms with van der Waals surface area (Å²) in [7, 11) is -3.52. The minimum absolute atomic E-state index is 0. The molecule has 7 heteroatoms. The van der Waals surface area contributed by atoms with Crippen LogP contribution in [-0.2, 0) is 14.8 Å². The van der Waals surface area contributed by atoms with E-state index in [0.29, 0.717) is 35.5 Å². The van der Waals surface area contributed by atoms with Gasteiger partial charge in [0.2, 0.25) is 10.0 Å². The molecule has 0 aliphatic heterocycles. The van der Waals surface area contributed by atoms with E-state index < -0.39 is 16.0 Å². The van der Waals surface area contributed by atoms with Crippen LogP contribution >= 0.6 is 0 Å². The molecule has 0 amide bonds. The molecular weight excluding hydrogens is 385 g/mol. The van der Waals surface area contributed by atoms with E-state index in [0.717, 1.165) is 24.8 Å². The van der Waals surface area contributed by atoms with Gasteiger partial charge in [-0.2, -0.15) is 0 Å². The molecule has 0 radical (unpaired) electrons. The molecule has 5 nitrogen and oxygen atoms in total. The van der Waals surface area contributed by atoms with Gasteiger partial charge in [-0.15, -0.1) is 0 Å². The van der Waals surface area contributed by atoms with Gasteiger partial charge in [-0.1, -0.05) is 30.4 Å². The molecule has 2 bridgehead atoms. The van der Waals surface area contributed by atoms with E-state index in [1.54, 1.807) is 12.1 Å². The molecule has 0 spiro atoms. The monoisotopic (exact) mass is 413 g/mol. The number of rotatable bonds is 9. The summed E-state index contributed by atoms with van der Waals surface area (Å²) in [6.07, 6.45) is 9.70. The number of carboxylic acids is 1. The average Bonchev–Trinajstić information content (AvgIpc) is 3.20. The first-order chi connectivity index (χ1) is 12.9. The summed E-state index contributed by atoms with van der Waals surface area (Å²) in [5.74, 6) is 0.305. The first kappa shape index (κ1) is 23.6. The van der Waals surface area contributed by atoms with Gasteiger partial charge in [0.25, 0.3) is 0 Å². The van der Waals surface area contributed by atoms with Gasteiger partial charge in [0.15, 0.2) is 0 Å². The van der Waals surface area contributed by atoms with E-state index in [1.807, 2.05) is 25.1 Å². The Morgan fingerprint density at radius 1 is 1.21 bits per heavy atom. The van der Waals surface area contributed by atoms with Gasteiger partial charge in [-0.05, 0) is 81.3 Å². The number of hydrogen-bond donors (Lipinski definition) is 1. The second-order valence-electron chi connectivity index (χ2n) is 7.88. The van der Waals surface area contributed by atoms with Crippen LogP contribution in [-0.4, -0.2) is 20.4 Å². The first-order valence-electron chi connectivity index (χ1n) is 9.81. The quantitative estimate of drug-likeness (QED) is 0.338. The number of unbranched alkanes of at least 4 members (excludes halogenated alkanes) is 1. The Bertz CT molecular complexity index is 808. The summed E-state index contributed by atoms with van der Waals surface area (Å²) in [5.41, 5.74) is 0.762. The summed E-state index contributed by atoms with van der Waals surface area (Å²) in [5, 5.41) is 10.4. The van der Waals surface area contributed by atoms with Crippen LogP contribution in [0.15, 0.2) is 41.3 Å². The summed E-state index contributed by atoms with van der Waals surface area (Å²) in [6.45, 7) is 1.82. The van der Waals surface area contributed by atoms with Crippen molar-refractivity contribution < 1.29 is 47.9 Å². The van der Waals surface area contributed by atoms with E-state index in [4.69, 9.17) is 0 Å². The average molecular weight is 414 g/mol. The third-order valence-corrected chi connectivity index (χ3v) is 7.71. The van der Waals surface area contributed by atoms with Gasteiger partial charge in [0.1, 0.15) is 0 Å². The molecule has 3 rings (SSSR count). The van der Waals surface area contributed by atoms with Crippen LogP contribution in [0.5, 0.6) is 0 Å². The van der Waals surface area contributed by atoms with Crippen molar-refractivity contribution in [1.29, 1.82) is 0 Å². The fraction of sp³-hybridized carbons (Fsp3) is 0.571. The maximum Gasteiger partial charge on any atom is 1.00 e. The molecule has 1 unspecified atom stereocenters. The van der Waals surface area contributed by atoms with Crippen LogP contribution in [0.2, 0.25) is 0 Å². The van der Waals surface area contributed by atoms with Gasteiger partial charge >= 0.3 is 29.6 Å². The predicted molar refractivity (Wildman–Crippen MR) is 102 cm³/mol. The molecule has 1 aromatic carbocycles. The van der Waals surface area contributed by atoms with Gasteiger partial charge in [-0.25, -0.2) is 13.1 Å². The second-order valence-corrected chi connectivity index (χ2v) is 9.56. The number of carboxylic acid groups (broad SMARTS) is 1. The summed E-state index contributed by atoms with van der Waals surface area (Å²) in [6, 6.07) is 7.08. The number of carbonyl (C=O) groups is 1. The van der Waals surface area contributed by atoms with Crippen LogP contribution < -0.4 is 39.4 Å². The van der Waals surface area contributed by atoms with Crippen molar-refractivity contribution >= 4 is 16.0 Å². The van der Waals surface area contributed by atoms with Gasteiger partial charge in [0.05, 0.1) is 4.90 Å². The number of nitrogens with one attached hydrogen (secondary N) is 1. The molecule has 28 heavy (non-hydrogen) atoms. The Hall–Kier alpha value is -0.660. The van der Waals surface area contributed by atoms with Gasteiger partial charge in [0, 0.05) is 12.0 Å². The Balaban J connectivity index is 0.00000280. The zero-order valence-electron chi connectivity index (χ0n) is 16.8. The molecular formula is C21H28NNaO4S. The minimum Gasteiger partial charge on any atom is -0.550 e. The van der Waals surface area contributed by atoms with Gasteiger partial charge in [-0.3, -0.25) is 0 Å². The number of aliphatic carboxylic acids is 1. The number of fused-ring (bicyclic) bond motifs is 2. The fourth-order valence-corrected chi connectivity index (χ4v) is 6.37. The van der Waals surface area contributed by atoms with Crippen LogP contribution in [0.3, 0.4) is 0 Å². The molecule has 2 saturated carbocycles. The Morgan fingerprint density at radius 2 is 1.93 bits per heavy atom. The molecule has 4 atom stereocenters. The summed E-state index contributed by atoms with van der Waals surface area (Å²) in [4.78, 5) is 10.8. The summed E-state index contributed by atoms with van der Waals surface area (Å²) >= 11 is 0. The van der Waals surface area contributed by atoms with Crippen molar-refractivity contribution in [2.75, 3.05) is 0 Å². The smallest absolute Gasteiger partial charge is 0.550 e. The Kier molecular flexibility index (Phi) is 8.77. The molecule has 148 valence electrons. The zero-order valence-corrected chi connectivity index (χ0v) is 19.6. The normalized spacial score (nSPS) is 26.5. The summed E-state index contributed by atoms with van der Waals surface area (Å²) < 4.78 is 28.9. The van der Waals surface area contributed by atoms with Crippen LogP contribution in [0, 0.1) is 24.7 Å². The van der Waals surface area contributed by atoms with Crippen molar-refractivity contribution in [2.24, 2.45) is 17.8 Å². The van der Waals surface area contributed by atoms with E-state index in [9.17, 15) is 18.3 Å². The third-order valence-electron chi connectivity index (χ3n) is 6.09. The molecule has 0 saturated heterocycles. The second kappa shape index (κ2) is 10.4. The van der Waals surface area contributed by atoms with E-state index in [-0.39, 0.29) is 42.0 Å². The van der Waals surface area contributed by atoms with Crippen LogP contribution in [0.1, 0.15) is 50.5 Å². The number of carbonyl (C=O) groups excluding carboxylic acids is 1.